The Morgan fingerprint density at radius 3 is 2.59 bits per heavy atom. The lowest BCUT2D eigenvalue weighted by Crippen LogP contribution is -2.19. The van der Waals surface area contributed by atoms with E-state index in [0.29, 0.717) is 0 Å². The number of nitrogens with zero attached hydrogens (tertiary/aromatic N) is 1. The first-order valence-corrected chi connectivity index (χ1v) is 4.55. The van der Waals surface area contributed by atoms with E-state index in [0.717, 1.165) is 0 Å². The predicted octanol–water partition coefficient (Wildman–Crippen LogP) is 0.150. The average molecular weight is 243 g/mol. The van der Waals surface area contributed by atoms with Crippen LogP contribution in [0.25, 0.3) is 0 Å². The molecule has 1 aromatic heterocycles. The molecule has 1 heterocycles. The van der Waals surface area contributed by atoms with Crippen molar-refractivity contribution in [3.05, 3.63) is 11.3 Å². The quantitative estimate of drug-likeness (QED) is 0.589. The van der Waals surface area contributed by atoms with Crippen molar-refractivity contribution in [1.82, 2.24) is 5.16 Å². The van der Waals surface area contributed by atoms with Gasteiger partial charge in [-0.1, -0.05) is 5.16 Å². The van der Waals surface area contributed by atoms with Gasteiger partial charge in [0.05, 0.1) is 12.2 Å². The highest BCUT2D eigenvalue weighted by molar-refractivity contribution is 6.29. The van der Waals surface area contributed by atoms with Crippen LogP contribution in [0.1, 0.15) is 23.0 Å². The molecule has 0 fully saturated rings. The van der Waals surface area contributed by atoms with E-state index in [1.165, 1.54) is 6.92 Å². The number of carbonyl (C=O) groups excluding carboxylic acids is 2. The van der Waals surface area contributed by atoms with E-state index < -0.39 is 23.9 Å². The molecule has 0 bridgehead atoms. The normalized spacial score (nSPS) is 9.76. The van der Waals surface area contributed by atoms with E-state index in [2.05, 4.69) is 19.2 Å². The second-order valence-electron chi connectivity index (χ2n) is 2.86. The Hall–Kier alpha value is -2.38. The van der Waals surface area contributed by atoms with Crippen LogP contribution in [0.15, 0.2) is 4.52 Å². The second-order valence-corrected chi connectivity index (χ2v) is 2.86. The topological polar surface area (TPSA) is 116 Å². The molecule has 1 N–H and O–H groups in total. The van der Waals surface area contributed by atoms with E-state index in [9.17, 15) is 14.4 Å². The van der Waals surface area contributed by atoms with E-state index in [1.807, 2.05) is 0 Å². The van der Waals surface area contributed by atoms with Gasteiger partial charge in [0.1, 0.15) is 0 Å². The molecular formula is C9H9NO7. The van der Waals surface area contributed by atoms with Gasteiger partial charge in [0, 0.05) is 0 Å². The summed E-state index contributed by atoms with van der Waals surface area (Å²) in [5, 5.41) is 11.6. The third-order valence-electron chi connectivity index (χ3n) is 1.71. The summed E-state index contributed by atoms with van der Waals surface area (Å²) in [7, 11) is 0. The van der Waals surface area contributed by atoms with Crippen molar-refractivity contribution in [2.24, 2.45) is 0 Å². The third kappa shape index (κ3) is 2.80. The summed E-state index contributed by atoms with van der Waals surface area (Å²) in [6.45, 7) is 3.14. The molecule has 0 saturated heterocycles. The number of esters is 2. The Bertz CT molecular complexity index is 462. The number of aliphatic carboxylic acids is 1. The molecular weight excluding hydrogens is 234 g/mol. The van der Waals surface area contributed by atoms with E-state index in [-0.39, 0.29) is 17.9 Å². The monoisotopic (exact) mass is 243 g/mol. The molecule has 0 aliphatic rings. The van der Waals surface area contributed by atoms with Gasteiger partial charge in [-0.2, -0.15) is 0 Å². The summed E-state index contributed by atoms with van der Waals surface area (Å²) in [5.41, 5.74) is -0.0712. The lowest BCUT2D eigenvalue weighted by molar-refractivity contribution is -0.158. The maximum absolute atomic E-state index is 11.3. The highest BCUT2D eigenvalue weighted by atomic mass is 16.7. The first-order valence-electron chi connectivity index (χ1n) is 4.55. The largest absolute Gasteiger partial charge is 0.473 e. The molecule has 0 aliphatic heterocycles. The van der Waals surface area contributed by atoms with Gasteiger partial charge < -0.3 is 19.1 Å². The van der Waals surface area contributed by atoms with E-state index >= 15 is 0 Å². The van der Waals surface area contributed by atoms with Crippen molar-refractivity contribution < 1.29 is 33.5 Å². The highest BCUT2D eigenvalue weighted by Gasteiger charge is 2.24. The van der Waals surface area contributed by atoms with Crippen molar-refractivity contribution in [1.29, 1.82) is 0 Å². The van der Waals surface area contributed by atoms with Gasteiger partial charge in [-0.25, -0.2) is 14.4 Å². The van der Waals surface area contributed by atoms with Crippen LogP contribution < -0.4 is 4.74 Å². The smallest absolute Gasteiger partial charge is 0.425 e. The Labute approximate surface area is 95.1 Å². The molecule has 0 atom stereocenters. The number of ether oxygens (including phenoxy) is 2. The van der Waals surface area contributed by atoms with Gasteiger partial charge in [-0.05, 0) is 13.8 Å². The fraction of sp³-hybridized carbons (Fsp3) is 0.333. The van der Waals surface area contributed by atoms with Gasteiger partial charge in [0.15, 0.2) is 5.69 Å². The molecule has 92 valence electrons. The Kier molecular flexibility index (Phi) is 3.81. The van der Waals surface area contributed by atoms with Gasteiger partial charge in [-0.15, -0.1) is 0 Å². The van der Waals surface area contributed by atoms with Crippen molar-refractivity contribution in [3.63, 3.8) is 0 Å². The maximum atomic E-state index is 11.3. The number of hydrogen-bond acceptors (Lipinski definition) is 7. The zero-order valence-electron chi connectivity index (χ0n) is 9.05. The summed E-state index contributed by atoms with van der Waals surface area (Å²) >= 11 is 0. The number of rotatable bonds is 3. The SMILES string of the molecule is CCOC(=O)c1noc(OC(=O)C(=O)O)c1C. The van der Waals surface area contributed by atoms with Crippen LogP contribution in [0.2, 0.25) is 0 Å². The fourth-order valence-electron chi connectivity index (χ4n) is 0.934. The summed E-state index contributed by atoms with van der Waals surface area (Å²) in [4.78, 5) is 32.3. The lowest BCUT2D eigenvalue weighted by Gasteiger charge is -1.98. The van der Waals surface area contributed by atoms with Crippen molar-refractivity contribution in [3.8, 4) is 5.95 Å². The van der Waals surface area contributed by atoms with E-state index in [4.69, 9.17) is 5.11 Å². The standard InChI is InChI=1S/C9H9NO7/c1-3-15-7(13)5-4(2)9(17-10-5)16-8(14)6(11)12/h3H2,1-2H3,(H,11,12). The minimum absolute atomic E-state index is 0.0954. The summed E-state index contributed by atoms with van der Waals surface area (Å²) in [5.74, 6) is -4.50. The van der Waals surface area contributed by atoms with Crippen LogP contribution in [0.4, 0.5) is 0 Å². The molecule has 8 heteroatoms. The minimum Gasteiger partial charge on any atom is -0.473 e. The molecule has 1 rings (SSSR count). The molecule has 0 saturated carbocycles. The highest BCUT2D eigenvalue weighted by Crippen LogP contribution is 2.21. The summed E-state index contributed by atoms with van der Waals surface area (Å²) < 4.78 is 13.5. The van der Waals surface area contributed by atoms with Crippen LogP contribution in [-0.2, 0) is 14.3 Å². The molecule has 0 radical (unpaired) electrons. The third-order valence-corrected chi connectivity index (χ3v) is 1.71. The second kappa shape index (κ2) is 5.10. The number of carbonyl (C=O) groups is 3. The Balaban J connectivity index is 2.87. The molecule has 0 unspecified atom stereocenters. The molecule has 1 aromatic rings. The van der Waals surface area contributed by atoms with Crippen molar-refractivity contribution in [2.45, 2.75) is 13.8 Å². The first kappa shape index (κ1) is 12.7. The van der Waals surface area contributed by atoms with Crippen LogP contribution in [0.3, 0.4) is 0 Å². The van der Waals surface area contributed by atoms with Crippen LogP contribution >= 0.6 is 0 Å². The zero-order chi connectivity index (χ0) is 13.0. The Morgan fingerprint density at radius 2 is 2.06 bits per heavy atom. The number of carboxylic acid groups (broad SMARTS) is 1. The van der Waals surface area contributed by atoms with Crippen LogP contribution in [0.5, 0.6) is 5.95 Å². The van der Waals surface area contributed by atoms with Crippen LogP contribution in [-0.4, -0.2) is 34.8 Å². The molecule has 17 heavy (non-hydrogen) atoms. The van der Waals surface area contributed by atoms with Crippen LogP contribution in [0, 0.1) is 6.92 Å². The molecule has 0 aliphatic carbocycles. The zero-order valence-corrected chi connectivity index (χ0v) is 9.05. The number of carboxylic acids is 1. The summed E-state index contributed by atoms with van der Waals surface area (Å²) in [6, 6.07) is 0. The molecule has 0 aromatic carbocycles. The van der Waals surface area contributed by atoms with Crippen molar-refractivity contribution >= 4 is 17.9 Å². The average Bonchev–Trinajstić information content (AvgIpc) is 2.61. The number of aromatic nitrogens is 1. The van der Waals surface area contributed by atoms with E-state index in [1.54, 1.807) is 6.92 Å². The number of hydrogen-bond donors (Lipinski definition) is 1. The van der Waals surface area contributed by atoms with Gasteiger partial charge in [0.25, 0.3) is 0 Å². The van der Waals surface area contributed by atoms with Crippen molar-refractivity contribution in [2.75, 3.05) is 6.61 Å². The maximum Gasteiger partial charge on any atom is 0.425 e. The van der Waals surface area contributed by atoms with Gasteiger partial charge >= 0.3 is 23.9 Å². The lowest BCUT2D eigenvalue weighted by atomic mass is 10.3. The minimum atomic E-state index is -1.78. The fourth-order valence-corrected chi connectivity index (χ4v) is 0.934. The Morgan fingerprint density at radius 1 is 1.41 bits per heavy atom. The summed E-state index contributed by atoms with van der Waals surface area (Å²) in [6.07, 6.45) is 0. The predicted molar refractivity (Wildman–Crippen MR) is 50.5 cm³/mol. The molecule has 8 nitrogen and oxygen atoms in total. The molecule has 0 amide bonds. The van der Waals surface area contributed by atoms with Gasteiger partial charge in [-0.3, -0.25) is 0 Å². The van der Waals surface area contributed by atoms with Gasteiger partial charge in [0.2, 0.25) is 0 Å². The first-order chi connectivity index (χ1) is 7.97. The molecule has 0 spiro atoms.